The highest BCUT2D eigenvalue weighted by Crippen LogP contribution is 2.19. The second kappa shape index (κ2) is 8.30. The number of nitrogens with zero attached hydrogens (tertiary/aromatic N) is 1. The molecule has 10 nitrogen and oxygen atoms in total. The van der Waals surface area contributed by atoms with Crippen LogP contribution < -0.4 is 5.63 Å². The molecule has 26 heavy (non-hydrogen) atoms. The lowest BCUT2D eigenvalue weighted by Gasteiger charge is -2.00. The largest absolute Gasteiger partial charge is 0.461 e. The number of allylic oxidation sites excluding steroid dienone is 2. The fourth-order valence-corrected chi connectivity index (χ4v) is 2.09. The van der Waals surface area contributed by atoms with E-state index in [0.29, 0.717) is 0 Å². The molecule has 2 rings (SSSR count). The zero-order valence-corrected chi connectivity index (χ0v) is 14.4. The van der Waals surface area contributed by atoms with E-state index in [9.17, 15) is 19.2 Å². The lowest BCUT2D eigenvalue weighted by atomic mass is 10.1. The minimum Gasteiger partial charge on any atom is -0.461 e. The molecule has 138 valence electrons. The number of hydrogen-bond acceptors (Lipinski definition) is 9. The van der Waals surface area contributed by atoms with Crippen LogP contribution in [0.25, 0.3) is 6.08 Å². The summed E-state index contributed by atoms with van der Waals surface area (Å²) in [4.78, 5) is 51.4. The maximum absolute atomic E-state index is 11.8. The van der Waals surface area contributed by atoms with Crippen LogP contribution in [0.15, 0.2) is 31.2 Å². The third-order valence-electron chi connectivity index (χ3n) is 2.94. The minimum absolute atomic E-state index is 0.0657. The van der Waals surface area contributed by atoms with Crippen molar-refractivity contribution in [2.75, 3.05) is 13.2 Å². The van der Waals surface area contributed by atoms with E-state index in [1.165, 1.54) is 0 Å². The number of esters is 2. The molecular formula is C15H13ClN2O8. The molecule has 1 aromatic heterocycles. The highest BCUT2D eigenvalue weighted by atomic mass is 35.5. The van der Waals surface area contributed by atoms with Gasteiger partial charge in [0, 0.05) is 5.03 Å². The van der Waals surface area contributed by atoms with Gasteiger partial charge in [-0.3, -0.25) is 0 Å². The molecule has 0 saturated heterocycles. The van der Waals surface area contributed by atoms with Gasteiger partial charge in [-0.25, -0.2) is 24.3 Å². The van der Waals surface area contributed by atoms with Crippen LogP contribution in [-0.2, 0) is 23.9 Å². The van der Waals surface area contributed by atoms with Crippen molar-refractivity contribution in [3.63, 3.8) is 0 Å². The molecule has 0 bridgehead atoms. The summed E-state index contributed by atoms with van der Waals surface area (Å²) in [5, 5.41) is 5.29. The average Bonchev–Trinajstić information content (AvgIpc) is 3.12. The summed E-state index contributed by atoms with van der Waals surface area (Å²) in [6.45, 7) is 3.31. The average molecular weight is 385 g/mol. The number of carbonyl (C=O) groups excluding carboxylic acids is 3. The number of aromatic nitrogens is 1. The SMILES string of the molecule is CCOC(=O)C1=NOC(=O)/C1=C\C(Cl)=C\c1c(C(=O)OCC)[nH]oc1=O. The Kier molecular flexibility index (Phi) is 6.12. The number of H-pyrrole nitrogens is 1. The van der Waals surface area contributed by atoms with Gasteiger partial charge in [-0.2, -0.15) is 0 Å². The first-order valence-corrected chi connectivity index (χ1v) is 7.71. The number of aromatic amines is 1. The predicted octanol–water partition coefficient (Wildman–Crippen LogP) is 1.13. The first-order valence-electron chi connectivity index (χ1n) is 7.33. The molecule has 0 radical (unpaired) electrons. The highest BCUT2D eigenvalue weighted by Gasteiger charge is 2.32. The van der Waals surface area contributed by atoms with Gasteiger partial charge in [0.1, 0.15) is 5.57 Å². The maximum Gasteiger partial charge on any atom is 0.368 e. The van der Waals surface area contributed by atoms with Crippen LogP contribution in [-0.4, -0.2) is 42.0 Å². The first kappa shape index (κ1) is 19.2. The van der Waals surface area contributed by atoms with Gasteiger partial charge in [-0.1, -0.05) is 16.8 Å². The molecule has 0 amide bonds. The van der Waals surface area contributed by atoms with Crippen molar-refractivity contribution < 1.29 is 33.2 Å². The fourth-order valence-electron chi connectivity index (χ4n) is 1.87. The summed E-state index contributed by atoms with van der Waals surface area (Å²) >= 11 is 6.01. The Bertz CT molecular complexity index is 890. The molecule has 0 atom stereocenters. The van der Waals surface area contributed by atoms with Gasteiger partial charge >= 0.3 is 23.5 Å². The number of hydrogen-bond donors (Lipinski definition) is 1. The third-order valence-corrected chi connectivity index (χ3v) is 3.16. The number of carbonyl (C=O) groups is 3. The van der Waals surface area contributed by atoms with E-state index in [4.69, 9.17) is 21.1 Å². The lowest BCUT2D eigenvalue weighted by Crippen LogP contribution is -2.19. The molecule has 1 N–H and O–H groups in total. The summed E-state index contributed by atoms with van der Waals surface area (Å²) in [5.74, 6) is -2.62. The Hall–Kier alpha value is -3.14. The van der Waals surface area contributed by atoms with Crippen molar-refractivity contribution in [3.8, 4) is 0 Å². The summed E-state index contributed by atoms with van der Waals surface area (Å²) in [7, 11) is 0. The summed E-state index contributed by atoms with van der Waals surface area (Å²) in [6, 6.07) is 0. The molecule has 0 fully saturated rings. The van der Waals surface area contributed by atoms with Crippen molar-refractivity contribution in [3.05, 3.63) is 38.4 Å². The third kappa shape index (κ3) is 4.09. The van der Waals surface area contributed by atoms with Crippen molar-refractivity contribution in [2.24, 2.45) is 5.16 Å². The summed E-state index contributed by atoms with van der Waals surface area (Å²) in [5.41, 5.74) is -1.97. The zero-order valence-electron chi connectivity index (χ0n) is 13.7. The molecule has 11 heteroatoms. The second-order valence-corrected chi connectivity index (χ2v) is 5.06. The maximum atomic E-state index is 11.8. The Morgan fingerprint density at radius 2 is 1.85 bits per heavy atom. The summed E-state index contributed by atoms with van der Waals surface area (Å²) < 4.78 is 14.1. The van der Waals surface area contributed by atoms with Gasteiger partial charge in [-0.05, 0) is 26.0 Å². The van der Waals surface area contributed by atoms with Crippen molar-refractivity contribution in [1.82, 2.24) is 5.16 Å². The predicted molar refractivity (Wildman–Crippen MR) is 87.4 cm³/mol. The van der Waals surface area contributed by atoms with Gasteiger partial charge in [0.05, 0.1) is 18.8 Å². The zero-order chi connectivity index (χ0) is 19.3. The molecule has 0 aromatic carbocycles. The molecule has 1 aromatic rings. The van der Waals surface area contributed by atoms with Crippen molar-refractivity contribution in [2.45, 2.75) is 13.8 Å². The van der Waals surface area contributed by atoms with Crippen molar-refractivity contribution in [1.29, 1.82) is 0 Å². The van der Waals surface area contributed by atoms with Gasteiger partial charge in [-0.15, -0.1) is 0 Å². The molecule has 0 unspecified atom stereocenters. The van der Waals surface area contributed by atoms with Crippen LogP contribution in [0.5, 0.6) is 0 Å². The van der Waals surface area contributed by atoms with Crippen LogP contribution in [0.2, 0.25) is 0 Å². The standard InChI is InChI=1S/C15H13ClN2O8/c1-3-23-14(21)10-8(12(19)25-17-10)5-7(16)6-9-11(15(22)24-4-2)18-26-13(9)20/h5-6,17H,3-4H2,1-2H3/b7-5-,9-6-. The van der Waals surface area contributed by atoms with E-state index in [-0.39, 0.29) is 40.8 Å². The topological polar surface area (TPSA) is 137 Å². The van der Waals surface area contributed by atoms with Crippen LogP contribution in [0.3, 0.4) is 0 Å². The van der Waals surface area contributed by atoms with E-state index in [1.54, 1.807) is 13.8 Å². The molecule has 0 aliphatic carbocycles. The number of oxime groups is 1. The molecule has 2 heterocycles. The van der Waals surface area contributed by atoms with Gasteiger partial charge in [0.2, 0.25) is 5.71 Å². The van der Waals surface area contributed by atoms with E-state index in [1.807, 2.05) is 0 Å². The highest BCUT2D eigenvalue weighted by molar-refractivity contribution is 6.51. The normalized spacial score (nSPS) is 15.7. The van der Waals surface area contributed by atoms with Crippen LogP contribution >= 0.6 is 11.6 Å². The van der Waals surface area contributed by atoms with E-state index >= 15 is 0 Å². The molecular weight excluding hydrogens is 372 g/mol. The fraction of sp³-hybridized carbons (Fsp3) is 0.267. The van der Waals surface area contributed by atoms with Gasteiger partial charge in [0.15, 0.2) is 5.69 Å². The van der Waals surface area contributed by atoms with Gasteiger partial charge in [0.25, 0.3) is 0 Å². The molecule has 1 aliphatic rings. The first-order chi connectivity index (χ1) is 12.4. The van der Waals surface area contributed by atoms with E-state index in [0.717, 1.165) is 12.2 Å². The smallest absolute Gasteiger partial charge is 0.368 e. The monoisotopic (exact) mass is 384 g/mol. The Morgan fingerprint density at radius 3 is 2.50 bits per heavy atom. The van der Waals surface area contributed by atoms with Crippen LogP contribution in [0.1, 0.15) is 29.9 Å². The summed E-state index contributed by atoms with van der Waals surface area (Å²) in [6.07, 6.45) is 2.12. The number of ether oxygens (including phenoxy) is 2. The Morgan fingerprint density at radius 1 is 1.19 bits per heavy atom. The van der Waals surface area contributed by atoms with Crippen LogP contribution in [0.4, 0.5) is 0 Å². The quantitative estimate of drug-likeness (QED) is 0.437. The van der Waals surface area contributed by atoms with E-state index < -0.39 is 23.5 Å². The Labute approximate surface area is 151 Å². The number of rotatable bonds is 6. The molecule has 0 spiro atoms. The van der Waals surface area contributed by atoms with Gasteiger partial charge < -0.3 is 18.8 Å². The number of nitrogens with one attached hydrogen (secondary N) is 1. The van der Waals surface area contributed by atoms with Crippen LogP contribution in [0, 0.1) is 0 Å². The number of halogens is 1. The second-order valence-electron chi connectivity index (χ2n) is 4.63. The van der Waals surface area contributed by atoms with Crippen molar-refractivity contribution >= 4 is 41.3 Å². The van der Waals surface area contributed by atoms with E-state index in [2.05, 4.69) is 19.7 Å². The lowest BCUT2D eigenvalue weighted by molar-refractivity contribution is -0.137. The molecule has 1 aliphatic heterocycles. The molecule has 0 saturated carbocycles. The Balaban J connectivity index is 2.37. The minimum atomic E-state index is -0.925.